The van der Waals surface area contributed by atoms with E-state index in [1.54, 1.807) is 6.92 Å². The van der Waals surface area contributed by atoms with E-state index in [-0.39, 0.29) is 17.3 Å². The summed E-state index contributed by atoms with van der Waals surface area (Å²) in [5.74, 6) is 5.48. The third-order valence-corrected chi connectivity index (χ3v) is 4.77. The molecule has 100 valence electrons. The van der Waals surface area contributed by atoms with E-state index >= 15 is 0 Å². The zero-order valence-electron chi connectivity index (χ0n) is 10.00. The largest absolute Gasteiger partial charge is 0.389 e. The van der Waals surface area contributed by atoms with E-state index in [1.807, 2.05) is 0 Å². The number of hydrazine groups is 1. The van der Waals surface area contributed by atoms with E-state index in [2.05, 4.69) is 10.4 Å². The maximum absolute atomic E-state index is 12.3. The number of hydrogen-bond donors (Lipinski definition) is 3. The molecule has 0 radical (unpaired) electrons. The van der Waals surface area contributed by atoms with Gasteiger partial charge in [-0.05, 0) is 19.4 Å². The number of β-amino-alcohol motifs (C(OH)–C–C–N with tert-alkyl or cyclic N) is 1. The van der Waals surface area contributed by atoms with Crippen LogP contribution in [0.15, 0.2) is 23.2 Å². The molecule has 0 aliphatic carbocycles. The molecular formula is C10H16N4O3S. The molecule has 0 saturated carbocycles. The molecule has 4 N–H and O–H groups in total. The van der Waals surface area contributed by atoms with Gasteiger partial charge >= 0.3 is 0 Å². The number of rotatable bonds is 3. The fourth-order valence-corrected chi connectivity index (χ4v) is 3.48. The quantitative estimate of drug-likeness (QED) is 0.506. The van der Waals surface area contributed by atoms with Crippen LogP contribution in [0, 0.1) is 0 Å². The Morgan fingerprint density at radius 2 is 2.33 bits per heavy atom. The molecule has 0 bridgehead atoms. The number of nitrogens with two attached hydrogens (primary N) is 1. The number of aliphatic hydroxyl groups is 1. The van der Waals surface area contributed by atoms with E-state index in [4.69, 9.17) is 5.84 Å². The van der Waals surface area contributed by atoms with Crippen molar-refractivity contribution in [2.45, 2.75) is 23.8 Å². The van der Waals surface area contributed by atoms with Crippen molar-refractivity contribution in [2.75, 3.05) is 18.5 Å². The minimum atomic E-state index is -3.60. The molecule has 1 fully saturated rings. The number of aromatic nitrogens is 1. The van der Waals surface area contributed by atoms with Gasteiger partial charge in [-0.15, -0.1) is 0 Å². The van der Waals surface area contributed by atoms with E-state index in [0.29, 0.717) is 13.0 Å². The molecule has 1 aromatic heterocycles. The van der Waals surface area contributed by atoms with E-state index in [1.165, 1.54) is 22.6 Å². The van der Waals surface area contributed by atoms with E-state index in [9.17, 15) is 13.5 Å². The first-order chi connectivity index (χ1) is 8.35. The van der Waals surface area contributed by atoms with Crippen LogP contribution in [-0.4, -0.2) is 41.5 Å². The maximum Gasteiger partial charge on any atom is 0.243 e. The van der Waals surface area contributed by atoms with Gasteiger partial charge in [0.15, 0.2) is 0 Å². The Bertz CT molecular complexity index is 544. The Hall–Kier alpha value is -1.22. The average molecular weight is 272 g/mol. The lowest BCUT2D eigenvalue weighted by atomic mass is 10.1. The van der Waals surface area contributed by atoms with E-state index in [0.717, 1.165) is 0 Å². The minimum Gasteiger partial charge on any atom is -0.389 e. The molecule has 8 heteroatoms. The Balaban J connectivity index is 2.31. The van der Waals surface area contributed by atoms with Crippen LogP contribution in [0.2, 0.25) is 0 Å². The summed E-state index contributed by atoms with van der Waals surface area (Å²) in [6.07, 6.45) is 1.80. The fraction of sp³-hybridized carbons (Fsp3) is 0.500. The van der Waals surface area contributed by atoms with Gasteiger partial charge in [0.2, 0.25) is 10.0 Å². The molecule has 1 atom stereocenters. The van der Waals surface area contributed by atoms with Crippen molar-refractivity contribution in [3.63, 3.8) is 0 Å². The van der Waals surface area contributed by atoms with E-state index < -0.39 is 15.6 Å². The molecule has 0 spiro atoms. The topological polar surface area (TPSA) is 109 Å². The highest BCUT2D eigenvalue weighted by Crippen LogP contribution is 2.27. The van der Waals surface area contributed by atoms with Gasteiger partial charge in [0, 0.05) is 25.4 Å². The third kappa shape index (κ3) is 2.46. The number of sulfonamides is 1. The molecule has 1 aliphatic heterocycles. The number of nitrogen functional groups attached to an aromatic ring is 1. The van der Waals surface area contributed by atoms with Gasteiger partial charge in [-0.3, -0.25) is 0 Å². The smallest absolute Gasteiger partial charge is 0.243 e. The predicted molar refractivity (Wildman–Crippen MR) is 66.0 cm³/mol. The average Bonchev–Trinajstić information content (AvgIpc) is 2.70. The minimum absolute atomic E-state index is 0.100. The highest BCUT2D eigenvalue weighted by molar-refractivity contribution is 7.89. The SMILES string of the molecule is CC1(O)CCN(S(=O)(=O)c2ccnc(NN)c2)C1. The molecule has 1 unspecified atom stereocenters. The molecule has 0 amide bonds. The molecule has 1 saturated heterocycles. The second kappa shape index (κ2) is 4.47. The highest BCUT2D eigenvalue weighted by Gasteiger charge is 2.38. The van der Waals surface area contributed by atoms with Crippen molar-refractivity contribution in [3.05, 3.63) is 18.3 Å². The van der Waals surface area contributed by atoms with Crippen LogP contribution >= 0.6 is 0 Å². The van der Waals surface area contributed by atoms with Crippen LogP contribution in [0.1, 0.15) is 13.3 Å². The summed E-state index contributed by atoms with van der Waals surface area (Å²) in [4.78, 5) is 3.97. The van der Waals surface area contributed by atoms with Crippen LogP contribution < -0.4 is 11.3 Å². The molecule has 2 rings (SSSR count). The third-order valence-electron chi connectivity index (χ3n) is 2.93. The predicted octanol–water partition coefficient (Wildman–Crippen LogP) is -0.487. The van der Waals surface area contributed by atoms with Crippen LogP contribution in [0.5, 0.6) is 0 Å². The van der Waals surface area contributed by atoms with Gasteiger partial charge in [-0.2, -0.15) is 4.31 Å². The lowest BCUT2D eigenvalue weighted by molar-refractivity contribution is 0.0762. The number of nitrogens with one attached hydrogen (secondary N) is 1. The Morgan fingerprint density at radius 1 is 1.61 bits per heavy atom. The van der Waals surface area contributed by atoms with Crippen molar-refractivity contribution in [2.24, 2.45) is 5.84 Å². The first-order valence-electron chi connectivity index (χ1n) is 5.50. The second-order valence-electron chi connectivity index (χ2n) is 4.61. The molecule has 1 aliphatic rings. The monoisotopic (exact) mass is 272 g/mol. The lowest BCUT2D eigenvalue weighted by Crippen LogP contribution is -2.34. The van der Waals surface area contributed by atoms with Gasteiger partial charge < -0.3 is 10.5 Å². The number of hydrogen-bond acceptors (Lipinski definition) is 6. The Morgan fingerprint density at radius 3 is 2.89 bits per heavy atom. The normalized spacial score (nSPS) is 25.3. The fourth-order valence-electron chi connectivity index (χ4n) is 1.91. The molecule has 0 aromatic carbocycles. The summed E-state index contributed by atoms with van der Waals surface area (Å²) in [6.45, 7) is 2.04. The standard InChI is InChI=1S/C10H16N4O3S/c1-10(15)3-5-14(7-10)18(16,17)8-2-4-12-9(6-8)13-11/h2,4,6,15H,3,5,7,11H2,1H3,(H,12,13). The molecule has 2 heterocycles. The summed E-state index contributed by atoms with van der Waals surface area (Å²) in [6, 6.07) is 2.77. The van der Waals surface area contributed by atoms with Gasteiger partial charge in [0.1, 0.15) is 5.82 Å². The summed E-state index contributed by atoms with van der Waals surface area (Å²) in [5.41, 5.74) is 1.34. The summed E-state index contributed by atoms with van der Waals surface area (Å²) in [7, 11) is -3.60. The number of anilines is 1. The Kier molecular flexibility index (Phi) is 3.28. The van der Waals surface area contributed by atoms with Gasteiger partial charge in [0.25, 0.3) is 0 Å². The number of nitrogens with zero attached hydrogens (tertiary/aromatic N) is 2. The molecular weight excluding hydrogens is 256 g/mol. The van der Waals surface area contributed by atoms with Crippen molar-refractivity contribution in [1.82, 2.24) is 9.29 Å². The zero-order valence-corrected chi connectivity index (χ0v) is 10.8. The molecule has 7 nitrogen and oxygen atoms in total. The number of pyridine rings is 1. The van der Waals surface area contributed by atoms with Gasteiger partial charge in [-0.1, -0.05) is 0 Å². The van der Waals surface area contributed by atoms with Crippen LogP contribution in [0.25, 0.3) is 0 Å². The molecule has 1 aromatic rings. The van der Waals surface area contributed by atoms with Crippen molar-refractivity contribution < 1.29 is 13.5 Å². The first-order valence-corrected chi connectivity index (χ1v) is 6.94. The van der Waals surface area contributed by atoms with Crippen molar-refractivity contribution in [1.29, 1.82) is 0 Å². The summed E-state index contributed by atoms with van der Waals surface area (Å²) in [5, 5.41) is 9.83. The van der Waals surface area contributed by atoms with Gasteiger partial charge in [0.05, 0.1) is 10.5 Å². The second-order valence-corrected chi connectivity index (χ2v) is 6.54. The maximum atomic E-state index is 12.3. The Labute approximate surface area is 106 Å². The molecule has 18 heavy (non-hydrogen) atoms. The summed E-state index contributed by atoms with van der Waals surface area (Å²) < 4.78 is 25.9. The van der Waals surface area contributed by atoms with Crippen LogP contribution in [0.4, 0.5) is 5.82 Å². The first kappa shape index (κ1) is 13.2. The highest BCUT2D eigenvalue weighted by atomic mass is 32.2. The van der Waals surface area contributed by atoms with Crippen LogP contribution in [-0.2, 0) is 10.0 Å². The van der Waals surface area contributed by atoms with Crippen molar-refractivity contribution in [3.8, 4) is 0 Å². The summed E-state index contributed by atoms with van der Waals surface area (Å²) >= 11 is 0. The lowest BCUT2D eigenvalue weighted by Gasteiger charge is -2.19. The van der Waals surface area contributed by atoms with Crippen LogP contribution in [0.3, 0.4) is 0 Å². The van der Waals surface area contributed by atoms with Gasteiger partial charge in [-0.25, -0.2) is 19.2 Å². The zero-order chi connectivity index (χ0) is 13.4. The van der Waals surface area contributed by atoms with Crippen molar-refractivity contribution >= 4 is 15.8 Å².